The monoisotopic (exact) mass is 410 g/mol. The Labute approximate surface area is 169 Å². The van der Waals surface area contributed by atoms with Crippen molar-refractivity contribution >= 4 is 44.5 Å². The summed E-state index contributed by atoms with van der Waals surface area (Å²) < 4.78 is 1.96. The molecule has 0 fully saturated rings. The fourth-order valence-corrected chi connectivity index (χ4v) is 4.82. The lowest BCUT2D eigenvalue weighted by Crippen LogP contribution is -2.30. The van der Waals surface area contributed by atoms with E-state index >= 15 is 0 Å². The number of benzene rings is 1. The average Bonchev–Trinajstić information content (AvgIpc) is 3.26. The second kappa shape index (κ2) is 7.29. The van der Waals surface area contributed by atoms with Gasteiger partial charge in [-0.3, -0.25) is 9.59 Å². The molecule has 0 aliphatic carbocycles. The molecule has 0 aliphatic heterocycles. The van der Waals surface area contributed by atoms with Gasteiger partial charge < -0.3 is 5.32 Å². The van der Waals surface area contributed by atoms with Crippen molar-refractivity contribution in [1.82, 2.24) is 14.8 Å². The molecule has 8 heteroatoms. The van der Waals surface area contributed by atoms with E-state index in [4.69, 9.17) is 0 Å². The first-order chi connectivity index (χ1) is 13.4. The maximum absolute atomic E-state index is 12.8. The van der Waals surface area contributed by atoms with E-state index in [1.807, 2.05) is 56.5 Å². The van der Waals surface area contributed by atoms with E-state index in [1.165, 1.54) is 27.4 Å². The number of thiophene rings is 1. The quantitative estimate of drug-likeness (QED) is 0.548. The molecule has 4 aromatic rings. The third-order valence-corrected chi connectivity index (χ3v) is 6.01. The number of nitrogens with one attached hydrogen (secondary N) is 1. The molecule has 0 atom stereocenters. The minimum atomic E-state index is -0.352. The number of carbonyl (C=O) groups is 1. The highest BCUT2D eigenvalue weighted by Crippen LogP contribution is 2.31. The standard InChI is InChI=1S/C20H18N4O2S2/c1-11-7-12(2)9-14(8-11)22-16(25)10-24-20(26)18-19(28-13(3)21-18)17(23-24)15-5-4-6-27-15/h4-9H,10H2,1-3H3,(H,22,25). The number of rotatable bonds is 4. The molecule has 0 saturated heterocycles. The fraction of sp³-hybridized carbons (Fsp3) is 0.200. The number of carbonyl (C=O) groups excluding carboxylic acids is 1. The summed E-state index contributed by atoms with van der Waals surface area (Å²) in [7, 11) is 0. The first-order valence-electron chi connectivity index (χ1n) is 8.71. The highest BCUT2D eigenvalue weighted by atomic mass is 32.1. The van der Waals surface area contributed by atoms with Crippen molar-refractivity contribution in [3.05, 3.63) is 62.2 Å². The Morgan fingerprint density at radius 2 is 1.93 bits per heavy atom. The number of aromatic nitrogens is 3. The number of aryl methyl sites for hydroxylation is 3. The summed E-state index contributed by atoms with van der Waals surface area (Å²) in [5.41, 5.74) is 3.53. The van der Waals surface area contributed by atoms with E-state index in [9.17, 15) is 9.59 Å². The summed E-state index contributed by atoms with van der Waals surface area (Å²) in [6.07, 6.45) is 0. The Kier molecular flexibility index (Phi) is 4.82. The molecule has 6 nitrogen and oxygen atoms in total. The zero-order chi connectivity index (χ0) is 19.8. The maximum atomic E-state index is 12.8. The Morgan fingerprint density at radius 3 is 2.61 bits per heavy atom. The van der Waals surface area contributed by atoms with Crippen LogP contribution in [0.4, 0.5) is 5.69 Å². The zero-order valence-electron chi connectivity index (χ0n) is 15.6. The van der Waals surface area contributed by atoms with Crippen LogP contribution < -0.4 is 10.9 Å². The predicted molar refractivity (Wildman–Crippen MR) is 114 cm³/mol. The molecule has 1 aromatic carbocycles. The van der Waals surface area contributed by atoms with Crippen LogP contribution in [-0.2, 0) is 11.3 Å². The van der Waals surface area contributed by atoms with Crippen molar-refractivity contribution in [2.45, 2.75) is 27.3 Å². The second-order valence-electron chi connectivity index (χ2n) is 6.62. The van der Waals surface area contributed by atoms with Crippen LogP contribution in [0.15, 0.2) is 40.5 Å². The topological polar surface area (TPSA) is 76.9 Å². The Bertz CT molecular complexity index is 1220. The van der Waals surface area contributed by atoms with Gasteiger partial charge in [-0.05, 0) is 55.5 Å². The summed E-state index contributed by atoms with van der Waals surface area (Å²) in [6.45, 7) is 5.64. The first kappa shape index (κ1) is 18.5. The van der Waals surface area contributed by atoms with E-state index in [-0.39, 0.29) is 18.0 Å². The smallest absolute Gasteiger partial charge is 0.294 e. The van der Waals surface area contributed by atoms with Crippen molar-refractivity contribution in [2.75, 3.05) is 5.32 Å². The van der Waals surface area contributed by atoms with Gasteiger partial charge in [-0.2, -0.15) is 5.10 Å². The summed E-state index contributed by atoms with van der Waals surface area (Å²) in [4.78, 5) is 30.7. The van der Waals surface area contributed by atoms with Crippen LogP contribution in [-0.4, -0.2) is 20.7 Å². The van der Waals surface area contributed by atoms with Gasteiger partial charge in [-0.1, -0.05) is 12.1 Å². The highest BCUT2D eigenvalue weighted by molar-refractivity contribution is 7.20. The molecule has 0 unspecified atom stereocenters. The minimum Gasteiger partial charge on any atom is -0.324 e. The lowest BCUT2D eigenvalue weighted by atomic mass is 10.1. The number of amides is 1. The third kappa shape index (κ3) is 3.61. The van der Waals surface area contributed by atoms with E-state index < -0.39 is 0 Å². The maximum Gasteiger partial charge on any atom is 0.294 e. The molecular formula is C20H18N4O2S2. The van der Waals surface area contributed by atoms with Gasteiger partial charge in [0.25, 0.3) is 5.56 Å². The van der Waals surface area contributed by atoms with Gasteiger partial charge in [0.15, 0.2) is 5.52 Å². The largest absolute Gasteiger partial charge is 0.324 e. The molecular weight excluding hydrogens is 392 g/mol. The molecule has 1 N–H and O–H groups in total. The van der Waals surface area contributed by atoms with Crippen molar-refractivity contribution in [1.29, 1.82) is 0 Å². The lowest BCUT2D eigenvalue weighted by molar-refractivity contribution is -0.117. The molecule has 1 amide bonds. The third-order valence-electron chi connectivity index (χ3n) is 4.16. The Morgan fingerprint density at radius 1 is 1.18 bits per heavy atom. The van der Waals surface area contributed by atoms with Gasteiger partial charge in [0.2, 0.25) is 5.91 Å². The minimum absolute atomic E-state index is 0.170. The SMILES string of the molecule is Cc1cc(C)cc(NC(=O)Cn2nc(-c3cccs3)c3sc(C)nc3c2=O)c1. The van der Waals surface area contributed by atoms with E-state index in [2.05, 4.69) is 15.4 Å². The van der Waals surface area contributed by atoms with Crippen molar-refractivity contribution in [3.8, 4) is 10.6 Å². The van der Waals surface area contributed by atoms with Crippen LogP contribution in [0.25, 0.3) is 20.8 Å². The van der Waals surface area contributed by atoms with Crippen LogP contribution in [0.5, 0.6) is 0 Å². The Hall–Kier alpha value is -2.84. The molecule has 0 radical (unpaired) electrons. The van der Waals surface area contributed by atoms with Crippen molar-refractivity contribution < 1.29 is 4.79 Å². The number of thiazole rings is 1. The molecule has 3 heterocycles. The zero-order valence-corrected chi connectivity index (χ0v) is 17.3. The molecule has 28 heavy (non-hydrogen) atoms. The fourth-order valence-electron chi connectivity index (χ4n) is 3.13. The van der Waals surface area contributed by atoms with Crippen LogP contribution >= 0.6 is 22.7 Å². The van der Waals surface area contributed by atoms with E-state index in [0.717, 1.165) is 25.7 Å². The predicted octanol–water partition coefficient (Wildman–Crippen LogP) is 4.15. The summed E-state index contributed by atoms with van der Waals surface area (Å²) >= 11 is 2.98. The molecule has 4 rings (SSSR count). The summed E-state index contributed by atoms with van der Waals surface area (Å²) in [5, 5.41) is 10.1. The molecule has 0 aliphatic rings. The highest BCUT2D eigenvalue weighted by Gasteiger charge is 2.18. The van der Waals surface area contributed by atoms with E-state index in [0.29, 0.717) is 16.9 Å². The van der Waals surface area contributed by atoms with Crippen molar-refractivity contribution in [3.63, 3.8) is 0 Å². The second-order valence-corrected chi connectivity index (χ2v) is 8.77. The van der Waals surface area contributed by atoms with Crippen LogP contribution in [0.1, 0.15) is 16.1 Å². The van der Waals surface area contributed by atoms with Crippen LogP contribution in [0.3, 0.4) is 0 Å². The number of anilines is 1. The van der Waals surface area contributed by atoms with Gasteiger partial charge in [0, 0.05) is 5.69 Å². The number of hydrogen-bond donors (Lipinski definition) is 1. The molecule has 142 valence electrons. The molecule has 0 saturated carbocycles. The van der Waals surface area contributed by atoms with Crippen molar-refractivity contribution in [2.24, 2.45) is 0 Å². The number of fused-ring (bicyclic) bond motifs is 1. The van der Waals surface area contributed by atoms with Gasteiger partial charge in [-0.15, -0.1) is 22.7 Å². The number of hydrogen-bond acceptors (Lipinski definition) is 6. The van der Waals surface area contributed by atoms with Gasteiger partial charge >= 0.3 is 0 Å². The number of nitrogens with zero attached hydrogens (tertiary/aromatic N) is 3. The molecule has 3 aromatic heterocycles. The normalized spacial score (nSPS) is 11.1. The average molecular weight is 411 g/mol. The molecule has 0 bridgehead atoms. The first-order valence-corrected chi connectivity index (χ1v) is 10.4. The van der Waals surface area contributed by atoms with E-state index in [1.54, 1.807) is 0 Å². The van der Waals surface area contributed by atoms with Gasteiger partial charge in [0.05, 0.1) is 14.6 Å². The van der Waals surface area contributed by atoms with Crippen LogP contribution in [0, 0.1) is 20.8 Å². The summed E-state index contributed by atoms with van der Waals surface area (Å²) in [5.74, 6) is -0.303. The summed E-state index contributed by atoms with van der Waals surface area (Å²) in [6, 6.07) is 9.71. The van der Waals surface area contributed by atoms with Gasteiger partial charge in [0.1, 0.15) is 12.2 Å². The lowest BCUT2D eigenvalue weighted by Gasteiger charge is -2.10. The van der Waals surface area contributed by atoms with Gasteiger partial charge in [-0.25, -0.2) is 9.67 Å². The van der Waals surface area contributed by atoms with Crippen LogP contribution in [0.2, 0.25) is 0 Å². The Balaban J connectivity index is 1.71. The molecule has 0 spiro atoms.